The van der Waals surface area contributed by atoms with Gasteiger partial charge in [-0.1, -0.05) is 91.1 Å². The van der Waals surface area contributed by atoms with Crippen molar-refractivity contribution in [3.63, 3.8) is 0 Å². The van der Waals surface area contributed by atoms with E-state index >= 15 is 0 Å². The molecule has 0 saturated heterocycles. The lowest BCUT2D eigenvalue weighted by Crippen LogP contribution is -2.61. The van der Waals surface area contributed by atoms with Gasteiger partial charge in [0.2, 0.25) is 0 Å². The Balaban J connectivity index is 1.47. The lowest BCUT2D eigenvalue weighted by atomic mass is 9.33. The normalized spacial score (nSPS) is 15.8. The van der Waals surface area contributed by atoms with Crippen LogP contribution in [0.4, 0.5) is 34.1 Å². The molecule has 1 fully saturated rings. The minimum Gasteiger partial charge on any atom is -0.311 e. The number of fused-ring (bicyclic) bond motifs is 4. The molecule has 2 heterocycles. The molecule has 1 saturated carbocycles. The van der Waals surface area contributed by atoms with Crippen molar-refractivity contribution in [2.45, 2.75) is 51.9 Å². The Morgan fingerprint density at radius 2 is 1.15 bits per heavy atom. The second-order valence-electron chi connectivity index (χ2n) is 12.2. The third-order valence-electron chi connectivity index (χ3n) is 9.54. The van der Waals surface area contributed by atoms with Crippen LogP contribution in [0.2, 0.25) is 0 Å². The molecule has 5 aromatic rings. The van der Waals surface area contributed by atoms with Crippen molar-refractivity contribution in [3.05, 3.63) is 126 Å². The van der Waals surface area contributed by atoms with Crippen molar-refractivity contribution in [3.8, 4) is 0 Å². The maximum Gasteiger partial charge on any atom is 0.252 e. The summed E-state index contributed by atoms with van der Waals surface area (Å²) < 4.78 is 0. The van der Waals surface area contributed by atoms with Gasteiger partial charge in [-0.3, -0.25) is 0 Å². The summed E-state index contributed by atoms with van der Waals surface area (Å²) in [6, 6.07) is 41.3. The van der Waals surface area contributed by atoms with Crippen LogP contribution in [-0.2, 0) is 0 Å². The second kappa shape index (κ2) is 9.70. The number of hydrogen-bond acceptors (Lipinski definition) is 2. The first-order valence-corrected chi connectivity index (χ1v) is 15.3. The van der Waals surface area contributed by atoms with Crippen LogP contribution < -0.4 is 26.2 Å². The van der Waals surface area contributed by atoms with Crippen LogP contribution in [0.25, 0.3) is 0 Å². The largest absolute Gasteiger partial charge is 0.311 e. The SMILES string of the molecule is Cc1ccc(N2c3ccccc3B3c4cc(C)ccc4N(c4ccccc4)c4cc(C5CCCCC5)cc2c43)cc1. The van der Waals surface area contributed by atoms with Crippen LogP contribution in [0.15, 0.2) is 109 Å². The average molecular weight is 531 g/mol. The number of benzene rings is 5. The van der Waals surface area contributed by atoms with E-state index < -0.39 is 0 Å². The summed E-state index contributed by atoms with van der Waals surface area (Å²) >= 11 is 0. The van der Waals surface area contributed by atoms with E-state index in [2.05, 4.69) is 133 Å². The molecule has 0 bridgehead atoms. The lowest BCUT2D eigenvalue weighted by molar-refractivity contribution is 0.444. The summed E-state index contributed by atoms with van der Waals surface area (Å²) in [7, 11) is 0. The molecular weight excluding hydrogens is 495 g/mol. The molecule has 2 aliphatic heterocycles. The lowest BCUT2D eigenvalue weighted by Gasteiger charge is -2.45. The number of anilines is 6. The van der Waals surface area contributed by atoms with Crippen LogP contribution >= 0.6 is 0 Å². The highest BCUT2D eigenvalue weighted by atomic mass is 15.2. The molecule has 0 N–H and O–H groups in total. The third-order valence-corrected chi connectivity index (χ3v) is 9.54. The van der Waals surface area contributed by atoms with Gasteiger partial charge in [-0.25, -0.2) is 0 Å². The van der Waals surface area contributed by atoms with E-state index in [1.807, 2.05) is 0 Å². The molecule has 1 aliphatic carbocycles. The molecular formula is C38H35BN2. The summed E-state index contributed by atoms with van der Waals surface area (Å²) in [4.78, 5) is 5.08. The van der Waals surface area contributed by atoms with Crippen LogP contribution in [-0.4, -0.2) is 6.71 Å². The zero-order valence-electron chi connectivity index (χ0n) is 24.0. The van der Waals surface area contributed by atoms with Gasteiger partial charge in [-0.15, -0.1) is 0 Å². The van der Waals surface area contributed by atoms with E-state index in [-0.39, 0.29) is 6.71 Å². The molecule has 0 radical (unpaired) electrons. The van der Waals surface area contributed by atoms with Gasteiger partial charge < -0.3 is 9.80 Å². The van der Waals surface area contributed by atoms with Gasteiger partial charge in [0.05, 0.1) is 0 Å². The number of rotatable bonds is 3. The molecule has 3 aliphatic rings. The quantitative estimate of drug-likeness (QED) is 0.212. The number of para-hydroxylation sites is 2. The summed E-state index contributed by atoms with van der Waals surface area (Å²) in [6.45, 7) is 4.59. The first-order chi connectivity index (χ1) is 20.2. The second-order valence-corrected chi connectivity index (χ2v) is 12.2. The highest BCUT2D eigenvalue weighted by Crippen LogP contribution is 2.46. The van der Waals surface area contributed by atoms with Crippen molar-refractivity contribution >= 4 is 57.2 Å². The van der Waals surface area contributed by atoms with Crippen LogP contribution in [0.1, 0.15) is 54.7 Å². The Kier molecular flexibility index (Phi) is 5.81. The van der Waals surface area contributed by atoms with E-state index in [1.54, 1.807) is 0 Å². The standard InChI is InChI=1S/C38H35BN2/c1-26-17-20-31(21-18-26)41-34-16-10-9-15-32(34)39-33-23-27(2)19-22-35(33)40(30-13-7-4-8-14-30)36-24-29(25-37(41)38(36)39)28-11-5-3-6-12-28/h4,7-10,13-25,28H,3,5-6,11-12H2,1-2H3. The molecule has 0 spiro atoms. The molecule has 41 heavy (non-hydrogen) atoms. The van der Waals surface area contributed by atoms with Crippen LogP contribution in [0.5, 0.6) is 0 Å². The molecule has 5 aromatic carbocycles. The molecule has 0 unspecified atom stereocenters. The Morgan fingerprint density at radius 1 is 0.537 bits per heavy atom. The zero-order chi connectivity index (χ0) is 27.5. The van der Waals surface area contributed by atoms with Crippen molar-refractivity contribution in [1.29, 1.82) is 0 Å². The number of nitrogens with zero attached hydrogens (tertiary/aromatic N) is 2. The topological polar surface area (TPSA) is 6.48 Å². The minimum absolute atomic E-state index is 0.188. The van der Waals surface area contributed by atoms with Gasteiger partial charge in [0.1, 0.15) is 0 Å². The average Bonchev–Trinajstić information content (AvgIpc) is 3.02. The summed E-state index contributed by atoms with van der Waals surface area (Å²) in [5, 5.41) is 0. The fraction of sp³-hybridized carbons (Fsp3) is 0.211. The first kappa shape index (κ1) is 24.6. The van der Waals surface area contributed by atoms with Crippen molar-refractivity contribution in [2.75, 3.05) is 9.80 Å². The highest BCUT2D eigenvalue weighted by Gasteiger charge is 2.43. The van der Waals surface area contributed by atoms with E-state index in [9.17, 15) is 0 Å². The van der Waals surface area contributed by atoms with E-state index in [4.69, 9.17) is 0 Å². The summed E-state index contributed by atoms with van der Waals surface area (Å²) in [5.41, 5.74) is 16.0. The van der Waals surface area contributed by atoms with Gasteiger partial charge in [0.25, 0.3) is 6.71 Å². The summed E-state index contributed by atoms with van der Waals surface area (Å²) in [6.07, 6.45) is 6.58. The molecule has 0 aromatic heterocycles. The molecule has 200 valence electrons. The highest BCUT2D eigenvalue weighted by molar-refractivity contribution is 7.00. The Hall–Kier alpha value is -4.24. The molecule has 2 nitrogen and oxygen atoms in total. The molecule has 0 atom stereocenters. The Bertz CT molecular complexity index is 1750. The maximum absolute atomic E-state index is 2.56. The van der Waals surface area contributed by atoms with Gasteiger partial charge in [-0.05, 0) is 103 Å². The van der Waals surface area contributed by atoms with E-state index in [1.165, 1.54) is 99.3 Å². The monoisotopic (exact) mass is 530 g/mol. The van der Waals surface area contributed by atoms with Gasteiger partial charge in [0.15, 0.2) is 0 Å². The van der Waals surface area contributed by atoms with Gasteiger partial charge in [-0.2, -0.15) is 0 Å². The minimum atomic E-state index is 0.188. The maximum atomic E-state index is 2.56. The predicted octanol–water partition coefficient (Wildman–Crippen LogP) is 8.43. The third kappa shape index (κ3) is 3.94. The molecule has 0 amide bonds. The Morgan fingerprint density at radius 3 is 1.88 bits per heavy atom. The van der Waals surface area contributed by atoms with E-state index in [0.29, 0.717) is 5.92 Å². The first-order valence-electron chi connectivity index (χ1n) is 15.3. The number of aryl methyl sites for hydroxylation is 2. The smallest absolute Gasteiger partial charge is 0.252 e. The van der Waals surface area contributed by atoms with Crippen molar-refractivity contribution in [1.82, 2.24) is 0 Å². The van der Waals surface area contributed by atoms with Crippen molar-refractivity contribution in [2.24, 2.45) is 0 Å². The van der Waals surface area contributed by atoms with Crippen LogP contribution in [0.3, 0.4) is 0 Å². The van der Waals surface area contributed by atoms with E-state index in [0.717, 1.165) is 0 Å². The van der Waals surface area contributed by atoms with Crippen molar-refractivity contribution < 1.29 is 0 Å². The summed E-state index contributed by atoms with van der Waals surface area (Å²) in [5.74, 6) is 0.609. The van der Waals surface area contributed by atoms with Gasteiger partial charge in [0, 0.05) is 34.1 Å². The zero-order valence-corrected chi connectivity index (χ0v) is 24.0. The molecule has 3 heteroatoms. The van der Waals surface area contributed by atoms with Gasteiger partial charge >= 0.3 is 0 Å². The fourth-order valence-corrected chi connectivity index (χ4v) is 7.59. The fourth-order valence-electron chi connectivity index (χ4n) is 7.59. The molecule has 8 rings (SSSR count). The number of hydrogen-bond donors (Lipinski definition) is 0. The predicted molar refractivity (Wildman–Crippen MR) is 176 cm³/mol. The Labute approximate surface area is 244 Å². The van der Waals surface area contributed by atoms with Crippen LogP contribution in [0, 0.1) is 13.8 Å².